The van der Waals surface area contributed by atoms with E-state index in [1.165, 1.54) is 0 Å². The van der Waals surface area contributed by atoms with Crippen LogP contribution in [0.3, 0.4) is 0 Å². The number of aromatic nitrogens is 2. The Kier molecular flexibility index (Phi) is 3.76. The molecular formula is C9H16N2O2. The van der Waals surface area contributed by atoms with Crippen molar-refractivity contribution < 1.29 is 9.84 Å². The van der Waals surface area contributed by atoms with Gasteiger partial charge in [0.25, 0.3) is 0 Å². The summed E-state index contributed by atoms with van der Waals surface area (Å²) in [5.74, 6) is 0.717. The van der Waals surface area contributed by atoms with Crippen molar-refractivity contribution in [1.82, 2.24) is 9.78 Å². The number of hydrogen-bond acceptors (Lipinski definition) is 3. The van der Waals surface area contributed by atoms with Crippen molar-refractivity contribution in [2.24, 2.45) is 0 Å². The van der Waals surface area contributed by atoms with Crippen LogP contribution in [0, 0.1) is 0 Å². The first-order valence-corrected chi connectivity index (χ1v) is 4.55. The fraction of sp³-hybridized carbons (Fsp3) is 0.667. The molecule has 0 spiro atoms. The molecule has 1 aromatic rings. The third kappa shape index (κ3) is 3.46. The van der Waals surface area contributed by atoms with Crippen molar-refractivity contribution >= 4 is 0 Å². The largest absolute Gasteiger partial charge is 0.488 e. The van der Waals surface area contributed by atoms with E-state index in [0.717, 1.165) is 13.0 Å². The van der Waals surface area contributed by atoms with Crippen LogP contribution in [-0.4, -0.2) is 27.6 Å². The second-order valence-corrected chi connectivity index (χ2v) is 3.10. The molecule has 0 fully saturated rings. The molecule has 1 rings (SSSR count). The average Bonchev–Trinajstić information content (AvgIpc) is 2.50. The van der Waals surface area contributed by atoms with Gasteiger partial charge in [0.15, 0.2) is 5.75 Å². The Hall–Kier alpha value is -1.03. The standard InChI is InChI=1S/C9H16N2O2/c1-3-4-11-6-9(5-10-11)13-7-8(2)12/h5-6,8,12H,3-4,7H2,1-2H3/t8-/m0/s1. The quantitative estimate of drug-likeness (QED) is 0.744. The molecule has 0 saturated carbocycles. The van der Waals surface area contributed by atoms with Gasteiger partial charge in [-0.3, -0.25) is 4.68 Å². The predicted molar refractivity (Wildman–Crippen MR) is 49.7 cm³/mol. The average molecular weight is 184 g/mol. The highest BCUT2D eigenvalue weighted by atomic mass is 16.5. The van der Waals surface area contributed by atoms with Gasteiger partial charge in [0.2, 0.25) is 0 Å². The van der Waals surface area contributed by atoms with E-state index in [2.05, 4.69) is 12.0 Å². The normalized spacial score (nSPS) is 12.8. The highest BCUT2D eigenvalue weighted by Crippen LogP contribution is 2.08. The number of rotatable bonds is 5. The minimum absolute atomic E-state index is 0.317. The number of aliphatic hydroxyl groups is 1. The van der Waals surface area contributed by atoms with Crippen LogP contribution >= 0.6 is 0 Å². The number of nitrogens with zero attached hydrogens (tertiary/aromatic N) is 2. The Balaban J connectivity index is 2.39. The summed E-state index contributed by atoms with van der Waals surface area (Å²) in [6.45, 7) is 5.00. The summed E-state index contributed by atoms with van der Waals surface area (Å²) in [6, 6.07) is 0. The van der Waals surface area contributed by atoms with E-state index in [0.29, 0.717) is 12.4 Å². The number of aliphatic hydroxyl groups excluding tert-OH is 1. The molecule has 13 heavy (non-hydrogen) atoms. The van der Waals surface area contributed by atoms with Crippen LogP contribution in [0.4, 0.5) is 0 Å². The zero-order chi connectivity index (χ0) is 9.68. The zero-order valence-electron chi connectivity index (χ0n) is 8.10. The Morgan fingerprint density at radius 2 is 2.46 bits per heavy atom. The van der Waals surface area contributed by atoms with Crippen molar-refractivity contribution in [3.05, 3.63) is 12.4 Å². The van der Waals surface area contributed by atoms with Gasteiger partial charge in [0.05, 0.1) is 18.5 Å². The van der Waals surface area contributed by atoms with E-state index in [-0.39, 0.29) is 0 Å². The van der Waals surface area contributed by atoms with E-state index in [1.54, 1.807) is 13.1 Å². The summed E-state index contributed by atoms with van der Waals surface area (Å²) in [5, 5.41) is 13.1. The Morgan fingerprint density at radius 1 is 1.69 bits per heavy atom. The van der Waals surface area contributed by atoms with Crippen LogP contribution in [0.25, 0.3) is 0 Å². The third-order valence-corrected chi connectivity index (χ3v) is 1.55. The molecule has 0 unspecified atom stereocenters. The molecule has 0 bridgehead atoms. The smallest absolute Gasteiger partial charge is 0.157 e. The highest BCUT2D eigenvalue weighted by molar-refractivity contribution is 5.11. The van der Waals surface area contributed by atoms with E-state index in [1.807, 2.05) is 10.9 Å². The summed E-state index contributed by atoms with van der Waals surface area (Å²) >= 11 is 0. The summed E-state index contributed by atoms with van der Waals surface area (Å²) in [4.78, 5) is 0. The molecule has 1 heterocycles. The van der Waals surface area contributed by atoms with Crippen molar-refractivity contribution in [3.63, 3.8) is 0 Å². The molecule has 0 aromatic carbocycles. The number of aryl methyl sites for hydroxylation is 1. The molecule has 4 nitrogen and oxygen atoms in total. The molecule has 0 radical (unpaired) electrons. The minimum atomic E-state index is -0.436. The molecule has 0 aliphatic rings. The summed E-state index contributed by atoms with van der Waals surface area (Å²) in [6.07, 6.45) is 4.12. The van der Waals surface area contributed by atoms with Crippen LogP contribution in [0.2, 0.25) is 0 Å². The minimum Gasteiger partial charge on any atom is -0.488 e. The lowest BCUT2D eigenvalue weighted by Crippen LogP contribution is -2.12. The summed E-state index contributed by atoms with van der Waals surface area (Å²) in [7, 11) is 0. The molecule has 0 amide bonds. The molecule has 4 heteroatoms. The zero-order valence-corrected chi connectivity index (χ0v) is 8.10. The maximum Gasteiger partial charge on any atom is 0.157 e. The van der Waals surface area contributed by atoms with E-state index in [9.17, 15) is 0 Å². The molecule has 0 aliphatic heterocycles. The van der Waals surface area contributed by atoms with Crippen LogP contribution in [-0.2, 0) is 6.54 Å². The van der Waals surface area contributed by atoms with E-state index in [4.69, 9.17) is 9.84 Å². The van der Waals surface area contributed by atoms with Crippen molar-refractivity contribution in [1.29, 1.82) is 0 Å². The predicted octanol–water partition coefficient (Wildman–Crippen LogP) is 1.05. The first-order chi connectivity index (χ1) is 6.22. The maximum absolute atomic E-state index is 8.97. The summed E-state index contributed by atoms with van der Waals surface area (Å²) in [5.41, 5.74) is 0. The van der Waals surface area contributed by atoms with Gasteiger partial charge in [0, 0.05) is 6.54 Å². The molecule has 1 aromatic heterocycles. The van der Waals surface area contributed by atoms with Gasteiger partial charge in [0.1, 0.15) is 6.61 Å². The lowest BCUT2D eigenvalue weighted by molar-refractivity contribution is 0.122. The van der Waals surface area contributed by atoms with Crippen molar-refractivity contribution in [2.75, 3.05) is 6.61 Å². The topological polar surface area (TPSA) is 47.3 Å². The first kappa shape index (κ1) is 10.1. The Labute approximate surface area is 78.1 Å². The van der Waals surface area contributed by atoms with Gasteiger partial charge in [-0.05, 0) is 13.3 Å². The molecule has 0 aliphatic carbocycles. The van der Waals surface area contributed by atoms with E-state index < -0.39 is 6.10 Å². The molecule has 0 saturated heterocycles. The van der Waals surface area contributed by atoms with Gasteiger partial charge in [-0.1, -0.05) is 6.92 Å². The molecular weight excluding hydrogens is 168 g/mol. The van der Waals surface area contributed by atoms with Crippen LogP contribution < -0.4 is 4.74 Å². The van der Waals surface area contributed by atoms with Gasteiger partial charge in [-0.15, -0.1) is 0 Å². The van der Waals surface area contributed by atoms with Gasteiger partial charge >= 0.3 is 0 Å². The van der Waals surface area contributed by atoms with E-state index >= 15 is 0 Å². The van der Waals surface area contributed by atoms with Crippen LogP contribution in [0.5, 0.6) is 5.75 Å². The monoisotopic (exact) mass is 184 g/mol. The lowest BCUT2D eigenvalue weighted by atomic mass is 10.4. The first-order valence-electron chi connectivity index (χ1n) is 4.55. The Morgan fingerprint density at radius 3 is 3.08 bits per heavy atom. The second-order valence-electron chi connectivity index (χ2n) is 3.10. The maximum atomic E-state index is 8.97. The highest BCUT2D eigenvalue weighted by Gasteiger charge is 2.00. The second kappa shape index (κ2) is 4.87. The lowest BCUT2D eigenvalue weighted by Gasteiger charge is -2.04. The number of ether oxygens (including phenoxy) is 1. The van der Waals surface area contributed by atoms with Crippen molar-refractivity contribution in [2.45, 2.75) is 32.9 Å². The molecule has 1 N–H and O–H groups in total. The molecule has 74 valence electrons. The van der Waals surface area contributed by atoms with Gasteiger partial charge in [-0.2, -0.15) is 5.10 Å². The fourth-order valence-electron chi connectivity index (χ4n) is 0.987. The van der Waals surface area contributed by atoms with Crippen LogP contribution in [0.15, 0.2) is 12.4 Å². The molecule has 1 atom stereocenters. The van der Waals surface area contributed by atoms with Crippen LogP contribution in [0.1, 0.15) is 20.3 Å². The number of hydrogen-bond donors (Lipinski definition) is 1. The summed E-state index contributed by atoms with van der Waals surface area (Å²) < 4.78 is 7.09. The Bertz CT molecular complexity index is 246. The third-order valence-electron chi connectivity index (χ3n) is 1.55. The SMILES string of the molecule is CCCn1cc(OC[C@H](C)O)cn1. The van der Waals surface area contributed by atoms with Gasteiger partial charge in [-0.25, -0.2) is 0 Å². The fourth-order valence-corrected chi connectivity index (χ4v) is 0.987. The van der Waals surface area contributed by atoms with Crippen molar-refractivity contribution in [3.8, 4) is 5.75 Å². The van der Waals surface area contributed by atoms with Gasteiger partial charge < -0.3 is 9.84 Å².